The molecule has 11 heteroatoms. The zero-order valence-electron chi connectivity index (χ0n) is 23.5. The van der Waals surface area contributed by atoms with Gasteiger partial charge in [-0.2, -0.15) is 4.98 Å². The molecule has 0 spiro atoms. The van der Waals surface area contributed by atoms with Gasteiger partial charge in [0, 0.05) is 27.2 Å². The number of hydrogen-bond acceptors (Lipinski definition) is 9. The van der Waals surface area contributed by atoms with Crippen molar-refractivity contribution in [2.75, 3.05) is 51.5 Å². The van der Waals surface area contributed by atoms with Crippen LogP contribution in [0, 0.1) is 0 Å². The average Bonchev–Trinajstić information content (AvgIpc) is 3.28. The molecular weight excluding hydrogens is 520 g/mol. The predicted molar refractivity (Wildman–Crippen MR) is 152 cm³/mol. The Labute approximate surface area is 235 Å². The van der Waals surface area contributed by atoms with Crippen LogP contribution in [-0.2, 0) is 27.2 Å². The van der Waals surface area contributed by atoms with Crippen molar-refractivity contribution in [3.63, 3.8) is 0 Å². The molecular formula is C28H39ClN6O4. The highest BCUT2D eigenvalue weighted by atomic mass is 35.5. The van der Waals surface area contributed by atoms with E-state index in [0.717, 1.165) is 44.5 Å². The first-order valence-corrected chi connectivity index (χ1v) is 13.9. The highest BCUT2D eigenvalue weighted by Gasteiger charge is 2.43. The number of benzene rings is 1. The molecule has 4 rings (SSSR count). The van der Waals surface area contributed by atoms with E-state index in [1.165, 1.54) is 17.3 Å². The molecule has 2 aliphatic rings. The van der Waals surface area contributed by atoms with Gasteiger partial charge < -0.3 is 25.0 Å². The van der Waals surface area contributed by atoms with Gasteiger partial charge in [-0.3, -0.25) is 9.69 Å². The smallest absolute Gasteiger partial charge is 0.332 e. The number of nitrogens with one attached hydrogen (secondary N) is 2. The minimum Gasteiger partial charge on any atom is -0.495 e. The summed E-state index contributed by atoms with van der Waals surface area (Å²) < 4.78 is 11.3. The Balaban J connectivity index is 1.54. The lowest BCUT2D eigenvalue weighted by Gasteiger charge is -2.29. The van der Waals surface area contributed by atoms with Crippen molar-refractivity contribution in [1.29, 1.82) is 0 Å². The fraction of sp³-hybridized carbons (Fsp3) is 0.571. The summed E-state index contributed by atoms with van der Waals surface area (Å²) in [4.78, 5) is 38.0. The lowest BCUT2D eigenvalue weighted by Crippen LogP contribution is -2.46. The molecule has 0 unspecified atom stereocenters. The van der Waals surface area contributed by atoms with Gasteiger partial charge in [0.05, 0.1) is 31.6 Å². The van der Waals surface area contributed by atoms with E-state index in [2.05, 4.69) is 31.6 Å². The van der Waals surface area contributed by atoms with Crippen LogP contribution in [0.25, 0.3) is 0 Å². The number of ether oxygens (including phenoxy) is 2. The summed E-state index contributed by atoms with van der Waals surface area (Å²) in [6, 6.07) is 4.11. The molecule has 0 atom stereocenters. The van der Waals surface area contributed by atoms with Gasteiger partial charge in [-0.1, -0.05) is 24.4 Å². The van der Waals surface area contributed by atoms with Crippen LogP contribution in [0.4, 0.5) is 17.5 Å². The van der Waals surface area contributed by atoms with E-state index in [4.69, 9.17) is 21.1 Å². The highest BCUT2D eigenvalue weighted by molar-refractivity contribution is 6.32. The van der Waals surface area contributed by atoms with Gasteiger partial charge in [0.2, 0.25) is 11.9 Å². The average molecular weight is 559 g/mol. The number of carbonyl (C=O) groups is 2. The molecule has 0 radical (unpaired) electrons. The maximum atomic E-state index is 13.0. The van der Waals surface area contributed by atoms with Crippen LogP contribution in [0.15, 0.2) is 18.3 Å². The minimum absolute atomic E-state index is 0.0991. The predicted octanol–water partition coefficient (Wildman–Crippen LogP) is 4.05. The first kappa shape index (κ1) is 28.9. The third-order valence-corrected chi connectivity index (χ3v) is 7.59. The fourth-order valence-electron chi connectivity index (χ4n) is 5.11. The Morgan fingerprint density at radius 3 is 2.44 bits per heavy atom. The molecule has 1 aromatic heterocycles. The number of hydrogen-bond donors (Lipinski definition) is 2. The molecule has 1 aromatic carbocycles. The second-order valence-electron chi connectivity index (χ2n) is 10.8. The summed E-state index contributed by atoms with van der Waals surface area (Å²) >= 11 is 6.47. The topological polar surface area (TPSA) is 109 Å². The quantitative estimate of drug-likeness (QED) is 0.440. The second-order valence-corrected chi connectivity index (χ2v) is 11.2. The van der Waals surface area contributed by atoms with E-state index in [1.54, 1.807) is 26.1 Å². The van der Waals surface area contributed by atoms with Gasteiger partial charge >= 0.3 is 5.97 Å². The summed E-state index contributed by atoms with van der Waals surface area (Å²) in [5.41, 5.74) is 2.26. The molecule has 212 valence electrons. The van der Waals surface area contributed by atoms with Crippen molar-refractivity contribution in [2.45, 2.75) is 64.0 Å². The maximum Gasteiger partial charge on any atom is 0.332 e. The lowest BCUT2D eigenvalue weighted by molar-refractivity contribution is -0.152. The van der Waals surface area contributed by atoms with Gasteiger partial charge in [0.1, 0.15) is 16.3 Å². The number of methoxy groups -OCH3 is 1. The van der Waals surface area contributed by atoms with Crippen molar-refractivity contribution < 1.29 is 19.1 Å². The van der Waals surface area contributed by atoms with Crippen LogP contribution in [0.5, 0.6) is 5.75 Å². The van der Waals surface area contributed by atoms with Crippen molar-refractivity contribution in [1.82, 2.24) is 19.8 Å². The van der Waals surface area contributed by atoms with Gasteiger partial charge in [0.15, 0.2) is 5.82 Å². The van der Waals surface area contributed by atoms with Crippen LogP contribution in [-0.4, -0.2) is 84.1 Å². The number of aromatic nitrogens is 2. The number of amides is 1. The largest absolute Gasteiger partial charge is 0.495 e. The summed E-state index contributed by atoms with van der Waals surface area (Å²) in [6.07, 6.45) is 6.08. The lowest BCUT2D eigenvalue weighted by atomic mass is 9.97. The second kappa shape index (κ2) is 12.4. The normalized spacial score (nSPS) is 16.8. The van der Waals surface area contributed by atoms with Crippen LogP contribution >= 0.6 is 11.6 Å². The first-order chi connectivity index (χ1) is 18.6. The molecule has 1 saturated carbocycles. The van der Waals surface area contributed by atoms with E-state index in [0.29, 0.717) is 41.9 Å². The van der Waals surface area contributed by atoms with E-state index in [-0.39, 0.29) is 18.0 Å². The number of carbonyl (C=O) groups excluding carboxylic acids is 2. The molecule has 2 heterocycles. The number of nitrogens with zero attached hydrogens (tertiary/aromatic N) is 4. The summed E-state index contributed by atoms with van der Waals surface area (Å²) in [5.74, 6) is 1.20. The molecule has 2 N–H and O–H groups in total. The number of likely N-dealkylation sites (N-methyl/N-ethyl adjacent to an activating group) is 1. The molecule has 1 aliphatic carbocycles. The van der Waals surface area contributed by atoms with Crippen LogP contribution in [0.3, 0.4) is 0 Å². The van der Waals surface area contributed by atoms with Crippen molar-refractivity contribution in [3.05, 3.63) is 34.5 Å². The third-order valence-electron chi connectivity index (χ3n) is 7.31. The van der Waals surface area contributed by atoms with Crippen LogP contribution in [0.1, 0.15) is 50.7 Å². The number of halogens is 1. The minimum atomic E-state index is -0.860. The van der Waals surface area contributed by atoms with Crippen LogP contribution in [0.2, 0.25) is 5.02 Å². The standard InChI is InChI=1S/C28H39ClN6O4/c1-18(2)39-26(37)28(10-6-7-11-28)33-25-21(29)16-30-27(32-25)31-22-14-19-8-12-35(17-24(36)34(3)4)13-9-20(19)15-23(22)38-5/h14-16,18H,6-13,17H2,1-5H3,(H2,30,31,32,33). The molecule has 1 amide bonds. The molecule has 2 aromatic rings. The Hall–Kier alpha value is -3.11. The van der Waals surface area contributed by atoms with Crippen LogP contribution < -0.4 is 15.4 Å². The number of fused-ring (bicyclic) bond motifs is 1. The van der Waals surface area contributed by atoms with E-state index < -0.39 is 5.54 Å². The van der Waals surface area contributed by atoms with E-state index in [9.17, 15) is 9.59 Å². The summed E-state index contributed by atoms with van der Waals surface area (Å²) in [5, 5.41) is 6.91. The zero-order valence-corrected chi connectivity index (χ0v) is 24.2. The van der Waals surface area contributed by atoms with Crippen molar-refractivity contribution in [2.24, 2.45) is 0 Å². The maximum absolute atomic E-state index is 13.0. The molecule has 0 bridgehead atoms. The fourth-order valence-corrected chi connectivity index (χ4v) is 5.24. The van der Waals surface area contributed by atoms with E-state index >= 15 is 0 Å². The third kappa shape index (κ3) is 6.91. The monoisotopic (exact) mass is 558 g/mol. The van der Waals surface area contributed by atoms with Crippen molar-refractivity contribution >= 4 is 40.9 Å². The highest BCUT2D eigenvalue weighted by Crippen LogP contribution is 2.37. The van der Waals surface area contributed by atoms with E-state index in [1.807, 2.05) is 19.9 Å². The SMILES string of the molecule is COc1cc2c(cc1Nc1ncc(Cl)c(NC3(C(=O)OC(C)C)CCCC3)n1)CCN(CC(=O)N(C)C)CC2. The van der Waals surface area contributed by atoms with Gasteiger partial charge in [-0.25, -0.2) is 9.78 Å². The molecule has 0 saturated heterocycles. The Morgan fingerprint density at radius 1 is 1.15 bits per heavy atom. The summed E-state index contributed by atoms with van der Waals surface area (Å²) in [6.45, 7) is 5.69. The Bertz CT molecular complexity index is 1200. The number of anilines is 3. The molecule has 1 fully saturated rings. The van der Waals surface area contributed by atoms with Gasteiger partial charge in [0.25, 0.3) is 0 Å². The molecule has 10 nitrogen and oxygen atoms in total. The number of esters is 1. The molecule has 39 heavy (non-hydrogen) atoms. The van der Waals surface area contributed by atoms with Gasteiger partial charge in [-0.15, -0.1) is 0 Å². The first-order valence-electron chi connectivity index (χ1n) is 13.5. The Morgan fingerprint density at radius 2 is 1.82 bits per heavy atom. The Kier molecular flexibility index (Phi) is 9.17. The summed E-state index contributed by atoms with van der Waals surface area (Å²) in [7, 11) is 5.19. The van der Waals surface area contributed by atoms with Crippen molar-refractivity contribution in [3.8, 4) is 5.75 Å². The molecule has 1 aliphatic heterocycles. The number of rotatable bonds is 9. The van der Waals surface area contributed by atoms with Gasteiger partial charge in [-0.05, 0) is 62.8 Å². The zero-order chi connectivity index (χ0) is 28.2.